The first-order valence-corrected chi connectivity index (χ1v) is 9.07. The van der Waals surface area contributed by atoms with Crippen LogP contribution in [-0.2, 0) is 22.4 Å². The van der Waals surface area contributed by atoms with Gasteiger partial charge in [0.1, 0.15) is 16.7 Å². The van der Waals surface area contributed by atoms with E-state index in [9.17, 15) is 19.5 Å². The summed E-state index contributed by atoms with van der Waals surface area (Å²) in [5.74, 6) is -0.460. The number of imide groups is 1. The molecule has 2 atom stereocenters. The maximum Gasteiger partial charge on any atom is 1.00 e. The fourth-order valence-electron chi connectivity index (χ4n) is 2.56. The molecule has 1 aliphatic rings. The molecule has 2 amide bonds. The van der Waals surface area contributed by atoms with E-state index in [-0.39, 0.29) is 71.4 Å². The minimum Gasteiger partial charge on any atom is -0.585 e. The molecule has 10 heteroatoms. The summed E-state index contributed by atoms with van der Waals surface area (Å²) in [7, 11) is 0. The van der Waals surface area contributed by atoms with Crippen molar-refractivity contribution in [2.75, 3.05) is 0 Å². The Morgan fingerprint density at radius 3 is 2.00 bits per heavy atom. The first-order chi connectivity index (χ1) is 12.9. The Labute approximate surface area is 216 Å². The van der Waals surface area contributed by atoms with Crippen molar-refractivity contribution in [2.24, 2.45) is 5.73 Å². The molecule has 1 fully saturated rings. The van der Waals surface area contributed by atoms with Crippen LogP contribution in [0, 0.1) is 0 Å². The molecule has 2 N–H and O–H groups in total. The second-order valence-electron chi connectivity index (χ2n) is 6.05. The molecule has 0 radical (unpaired) electrons. The molecule has 0 aliphatic carbocycles. The van der Waals surface area contributed by atoms with Gasteiger partial charge < -0.3 is 35.3 Å². The average Bonchev–Trinajstić information content (AvgIpc) is 2.95. The van der Waals surface area contributed by atoms with Crippen molar-refractivity contribution in [2.45, 2.75) is 24.1 Å². The second kappa shape index (κ2) is 12.1. The van der Waals surface area contributed by atoms with Crippen molar-refractivity contribution >= 4 is 28.9 Å². The van der Waals surface area contributed by atoms with Gasteiger partial charge in [-0.15, -0.1) is 0 Å². The fraction of sp³-hybridized carbons (Fsp3) is 0.211. The van der Waals surface area contributed by atoms with E-state index in [0.717, 1.165) is 22.9 Å². The van der Waals surface area contributed by atoms with Gasteiger partial charge in [0.25, 0.3) is 0 Å². The monoisotopic (exact) mass is 430 g/mol. The maximum absolute atomic E-state index is 11.6. The zero-order valence-corrected chi connectivity index (χ0v) is 21.0. The van der Waals surface area contributed by atoms with Crippen LogP contribution in [-0.4, -0.2) is 28.4 Å². The van der Waals surface area contributed by atoms with E-state index < -0.39 is 22.5 Å². The van der Waals surface area contributed by atoms with Crippen LogP contribution >= 0.6 is 11.8 Å². The van der Waals surface area contributed by atoms with Crippen LogP contribution < -0.4 is 74.7 Å². The van der Waals surface area contributed by atoms with Crippen LogP contribution in [0.1, 0.15) is 11.1 Å². The fourth-order valence-corrected chi connectivity index (χ4v) is 3.38. The van der Waals surface area contributed by atoms with Crippen molar-refractivity contribution in [3.8, 4) is 11.5 Å². The van der Waals surface area contributed by atoms with Crippen LogP contribution in [0.5, 0.6) is 11.5 Å². The van der Waals surface area contributed by atoms with E-state index in [1.54, 1.807) is 36.4 Å². The zero-order valence-electron chi connectivity index (χ0n) is 16.2. The first kappa shape index (κ1) is 26.2. The Bertz CT molecular complexity index is 862. The van der Waals surface area contributed by atoms with E-state index in [4.69, 9.17) is 10.5 Å². The number of carbonyl (C=O) groups is 3. The Kier molecular flexibility index (Phi) is 10.9. The molecule has 0 aromatic heterocycles. The third kappa shape index (κ3) is 7.73. The third-order valence-corrected chi connectivity index (χ3v) is 4.93. The number of carboxylic acids is 1. The summed E-state index contributed by atoms with van der Waals surface area (Å²) in [5, 5.41) is 13.2. The molecule has 0 spiro atoms. The number of aliphatic carboxylic acids is 1. The molecule has 2 aromatic carbocycles. The molecule has 29 heavy (non-hydrogen) atoms. The van der Waals surface area contributed by atoms with Gasteiger partial charge in [0, 0.05) is 6.04 Å². The van der Waals surface area contributed by atoms with Crippen LogP contribution in [0.3, 0.4) is 0 Å². The molecule has 1 saturated heterocycles. The third-order valence-electron chi connectivity index (χ3n) is 3.98. The molecule has 1 heterocycles. The predicted octanol–water partition coefficient (Wildman–Crippen LogP) is -4.22. The predicted molar refractivity (Wildman–Crippen MR) is 98.5 cm³/mol. The quantitative estimate of drug-likeness (QED) is 0.442. The Morgan fingerprint density at radius 1 is 1.03 bits per heavy atom. The van der Waals surface area contributed by atoms with E-state index in [0.29, 0.717) is 17.9 Å². The molecule has 7 nitrogen and oxygen atoms in total. The van der Waals surface area contributed by atoms with Crippen LogP contribution in [0.2, 0.25) is 0 Å². The number of ether oxygens (including phenoxy) is 1. The topological polar surface area (TPSA) is 124 Å². The maximum atomic E-state index is 11.6. The SMILES string of the molecule is N[C@@H](Cc1ccc(Oc2ccc(CC3SC(=O)[N-]C3=O)cc2)cc1)C(=O)[O-].[Na+].[Na+]. The zero-order chi connectivity index (χ0) is 19.4. The largest absolute Gasteiger partial charge is 1.00 e. The van der Waals surface area contributed by atoms with Gasteiger partial charge in [-0.25, -0.2) is 0 Å². The van der Waals surface area contributed by atoms with Gasteiger partial charge in [0.2, 0.25) is 0 Å². The molecule has 1 aliphatic heterocycles. The number of hydrogen-bond acceptors (Lipinski definition) is 7. The second-order valence-corrected chi connectivity index (χ2v) is 7.20. The van der Waals surface area contributed by atoms with Gasteiger partial charge in [-0.05, 0) is 48.2 Å². The number of nitrogens with zero attached hydrogens (tertiary/aromatic N) is 1. The smallest absolute Gasteiger partial charge is 0.585 e. The summed E-state index contributed by atoms with van der Waals surface area (Å²) in [6, 6.07) is 13.1. The number of benzene rings is 2. The summed E-state index contributed by atoms with van der Waals surface area (Å²) < 4.78 is 5.74. The summed E-state index contributed by atoms with van der Waals surface area (Å²) in [5.41, 5.74) is 7.14. The molecule has 0 bridgehead atoms. The van der Waals surface area contributed by atoms with E-state index in [2.05, 4.69) is 5.32 Å². The molecule has 0 saturated carbocycles. The van der Waals surface area contributed by atoms with Gasteiger partial charge in [-0.2, -0.15) is 0 Å². The molecule has 1 unspecified atom stereocenters. The van der Waals surface area contributed by atoms with Crippen molar-refractivity contribution < 1.29 is 83.3 Å². The van der Waals surface area contributed by atoms with Crippen LogP contribution in [0.4, 0.5) is 4.79 Å². The summed E-state index contributed by atoms with van der Waals surface area (Å²) >= 11 is 0.947. The number of hydrogen-bond donors (Lipinski definition) is 1. The summed E-state index contributed by atoms with van der Waals surface area (Å²) in [6.07, 6.45) is 0.621. The minimum atomic E-state index is -1.29. The van der Waals surface area contributed by atoms with E-state index in [1.807, 2.05) is 12.1 Å². The molecular formula is C19H16N2Na2O5S. The summed E-state index contributed by atoms with van der Waals surface area (Å²) in [4.78, 5) is 33.4. The number of rotatable bonds is 7. The van der Waals surface area contributed by atoms with Gasteiger partial charge in [-0.1, -0.05) is 36.0 Å². The molecule has 3 rings (SSSR count). The Morgan fingerprint density at radius 2 is 1.55 bits per heavy atom. The van der Waals surface area contributed by atoms with Crippen molar-refractivity contribution in [1.29, 1.82) is 0 Å². The summed E-state index contributed by atoms with van der Waals surface area (Å²) in [6.45, 7) is 0. The Balaban J connectivity index is 0.00000210. The average molecular weight is 430 g/mol. The van der Waals surface area contributed by atoms with Crippen molar-refractivity contribution in [1.82, 2.24) is 0 Å². The van der Waals surface area contributed by atoms with Gasteiger partial charge in [-0.3, -0.25) is 0 Å². The van der Waals surface area contributed by atoms with Gasteiger partial charge >= 0.3 is 59.1 Å². The van der Waals surface area contributed by atoms with Gasteiger partial charge in [0.05, 0.1) is 17.1 Å². The van der Waals surface area contributed by atoms with E-state index in [1.165, 1.54) is 0 Å². The van der Waals surface area contributed by atoms with E-state index >= 15 is 0 Å². The minimum absolute atomic E-state index is 0. The first-order valence-electron chi connectivity index (χ1n) is 8.19. The normalized spacial score (nSPS) is 16.2. The molecule has 2 aromatic rings. The van der Waals surface area contributed by atoms with Crippen LogP contribution in [0.25, 0.3) is 5.32 Å². The number of nitrogens with two attached hydrogens (primary N) is 1. The number of thioether (sulfide) groups is 1. The number of amides is 2. The standard InChI is InChI=1S/C19H18N2O5S.2Na/c20-15(18(23)24)9-11-1-5-13(6-2-11)26-14-7-3-12(4-8-14)10-16-17(22)21-19(25)27-16;;/h1-8,15-16H,9-10,20H2,(H2,21,22,23,24,25);;/q;2*+1/p-2/t15-,16?;;/m0../s1. The molecule has 140 valence electrons. The Hall–Kier alpha value is -0.840. The number of carbonyl (C=O) groups excluding carboxylic acids is 3. The number of carboxylic acid groups (broad SMARTS) is 1. The van der Waals surface area contributed by atoms with Crippen LogP contribution in [0.15, 0.2) is 48.5 Å². The van der Waals surface area contributed by atoms with Crippen molar-refractivity contribution in [3.63, 3.8) is 0 Å². The van der Waals surface area contributed by atoms with Gasteiger partial charge in [0.15, 0.2) is 0 Å². The molecular weight excluding hydrogens is 414 g/mol. The van der Waals surface area contributed by atoms with Crippen molar-refractivity contribution in [3.05, 3.63) is 65.0 Å².